The number of rotatable bonds is 1. The molecule has 1 nitrogen and oxygen atoms in total. The van der Waals surface area contributed by atoms with Crippen molar-refractivity contribution in [1.29, 1.82) is 0 Å². The zero-order chi connectivity index (χ0) is 7.56. The van der Waals surface area contributed by atoms with Gasteiger partial charge in [0.2, 0.25) is 0 Å². The van der Waals surface area contributed by atoms with Gasteiger partial charge in [-0.3, -0.25) is 4.79 Å². The van der Waals surface area contributed by atoms with E-state index >= 15 is 0 Å². The smallest absolute Gasteiger partial charge is 0.151 e. The van der Waals surface area contributed by atoms with Crippen molar-refractivity contribution in [3.63, 3.8) is 0 Å². The molecule has 1 aromatic rings. The fourth-order valence-electron chi connectivity index (χ4n) is 0.632. The molecule has 0 radical (unpaired) electrons. The van der Waals surface area contributed by atoms with E-state index in [4.69, 9.17) is 0 Å². The number of benzene rings is 1. The van der Waals surface area contributed by atoms with Crippen LogP contribution in [0.2, 0.25) is 0 Å². The topological polar surface area (TPSA) is 17.1 Å². The van der Waals surface area contributed by atoms with E-state index in [-0.39, 0.29) is 0 Å². The Morgan fingerprint density at radius 2 is 2.00 bits per heavy atom. The minimum Gasteiger partial charge on any atom is -0.298 e. The second-order valence-corrected chi connectivity index (χ2v) is 2.86. The third-order valence-electron chi connectivity index (χ3n) is 1.14. The van der Waals surface area contributed by atoms with Crippen LogP contribution in [0.5, 0.6) is 0 Å². The zero-order valence-corrected chi connectivity index (χ0v) is 6.90. The molecular formula is C7H6OS2. The third-order valence-corrected chi connectivity index (χ3v) is 1.81. The van der Waals surface area contributed by atoms with E-state index in [1.54, 1.807) is 18.2 Å². The summed E-state index contributed by atoms with van der Waals surface area (Å²) in [6.07, 6.45) is 0.773. The van der Waals surface area contributed by atoms with E-state index in [9.17, 15) is 4.79 Å². The molecule has 1 aromatic carbocycles. The first-order valence-electron chi connectivity index (χ1n) is 2.71. The van der Waals surface area contributed by atoms with Gasteiger partial charge in [-0.2, -0.15) is 0 Å². The van der Waals surface area contributed by atoms with Gasteiger partial charge in [0.1, 0.15) is 0 Å². The Morgan fingerprint density at radius 1 is 1.30 bits per heavy atom. The Kier molecular flexibility index (Phi) is 2.40. The van der Waals surface area contributed by atoms with Gasteiger partial charge in [0.25, 0.3) is 0 Å². The average Bonchev–Trinajstić information content (AvgIpc) is 1.88. The Balaban J connectivity index is 3.19. The van der Waals surface area contributed by atoms with Gasteiger partial charge in [-0.05, 0) is 18.2 Å². The quantitative estimate of drug-likeness (QED) is 0.487. The number of carbonyl (C=O) groups is 1. The lowest BCUT2D eigenvalue weighted by atomic mass is 10.2. The van der Waals surface area contributed by atoms with Gasteiger partial charge in [-0.1, -0.05) is 0 Å². The van der Waals surface area contributed by atoms with Crippen molar-refractivity contribution in [3.8, 4) is 0 Å². The highest BCUT2D eigenvalue weighted by Crippen LogP contribution is 2.16. The monoisotopic (exact) mass is 170 g/mol. The van der Waals surface area contributed by atoms with E-state index in [1.165, 1.54) is 0 Å². The summed E-state index contributed by atoms with van der Waals surface area (Å²) in [4.78, 5) is 11.7. The summed E-state index contributed by atoms with van der Waals surface area (Å²) >= 11 is 8.14. The van der Waals surface area contributed by atoms with Crippen LogP contribution in [-0.4, -0.2) is 6.29 Å². The molecule has 1 rings (SSSR count). The van der Waals surface area contributed by atoms with Crippen LogP contribution in [0.25, 0.3) is 0 Å². The average molecular weight is 170 g/mol. The Bertz CT molecular complexity index is 258. The molecular weight excluding hydrogens is 164 g/mol. The summed E-state index contributed by atoms with van der Waals surface area (Å²) in [6, 6.07) is 5.18. The maximum absolute atomic E-state index is 10.3. The van der Waals surface area contributed by atoms with Crippen molar-refractivity contribution in [2.24, 2.45) is 0 Å². The second-order valence-electron chi connectivity index (χ2n) is 1.86. The zero-order valence-electron chi connectivity index (χ0n) is 5.11. The SMILES string of the molecule is O=Cc1ccc(S)cc1S. The molecule has 0 aliphatic carbocycles. The lowest BCUT2D eigenvalue weighted by Gasteiger charge is -1.96. The van der Waals surface area contributed by atoms with Gasteiger partial charge in [0, 0.05) is 15.4 Å². The molecule has 0 aliphatic heterocycles. The van der Waals surface area contributed by atoms with Crippen LogP contribution >= 0.6 is 25.3 Å². The van der Waals surface area contributed by atoms with Crippen LogP contribution in [-0.2, 0) is 0 Å². The molecule has 3 heteroatoms. The predicted molar refractivity (Wildman–Crippen MR) is 46.3 cm³/mol. The van der Waals surface area contributed by atoms with Crippen LogP contribution in [0.3, 0.4) is 0 Å². The number of carbonyl (C=O) groups excluding carboxylic acids is 1. The van der Waals surface area contributed by atoms with Crippen LogP contribution in [0.1, 0.15) is 10.4 Å². The number of aldehydes is 1. The molecule has 0 unspecified atom stereocenters. The normalized spacial score (nSPS) is 9.40. The minimum atomic E-state index is 0.598. The molecule has 10 heavy (non-hydrogen) atoms. The maximum Gasteiger partial charge on any atom is 0.151 e. The van der Waals surface area contributed by atoms with Crippen molar-refractivity contribution in [1.82, 2.24) is 0 Å². The summed E-state index contributed by atoms with van der Waals surface area (Å²) in [5, 5.41) is 0. The summed E-state index contributed by atoms with van der Waals surface area (Å²) in [7, 11) is 0. The Morgan fingerprint density at radius 3 is 2.50 bits per heavy atom. The van der Waals surface area contributed by atoms with Crippen molar-refractivity contribution in [2.45, 2.75) is 9.79 Å². The van der Waals surface area contributed by atoms with E-state index in [2.05, 4.69) is 25.3 Å². The highest BCUT2D eigenvalue weighted by molar-refractivity contribution is 7.81. The number of hydrogen-bond acceptors (Lipinski definition) is 3. The minimum absolute atomic E-state index is 0.598. The summed E-state index contributed by atoms with van der Waals surface area (Å²) in [6.45, 7) is 0. The van der Waals surface area contributed by atoms with Crippen molar-refractivity contribution < 1.29 is 4.79 Å². The molecule has 0 heterocycles. The maximum atomic E-state index is 10.3. The van der Waals surface area contributed by atoms with Crippen molar-refractivity contribution in [3.05, 3.63) is 23.8 Å². The largest absolute Gasteiger partial charge is 0.298 e. The number of hydrogen-bond donors (Lipinski definition) is 2. The molecule has 0 aliphatic rings. The van der Waals surface area contributed by atoms with Crippen LogP contribution in [0, 0.1) is 0 Å². The van der Waals surface area contributed by atoms with Crippen LogP contribution in [0.15, 0.2) is 28.0 Å². The summed E-state index contributed by atoms with van der Waals surface area (Å²) < 4.78 is 0. The summed E-state index contributed by atoms with van der Waals surface area (Å²) in [5.41, 5.74) is 0.598. The fraction of sp³-hybridized carbons (Fsp3) is 0. The summed E-state index contributed by atoms with van der Waals surface area (Å²) in [5.74, 6) is 0. The van der Waals surface area contributed by atoms with Gasteiger partial charge < -0.3 is 0 Å². The molecule has 0 bridgehead atoms. The first-order chi connectivity index (χ1) is 4.74. The van der Waals surface area contributed by atoms with Gasteiger partial charge in [0.05, 0.1) is 0 Å². The number of thiol groups is 2. The second kappa shape index (κ2) is 3.12. The molecule has 0 fully saturated rings. The standard InChI is InChI=1S/C7H6OS2/c8-4-5-1-2-6(9)3-7(5)10/h1-4,9-10H. The first kappa shape index (κ1) is 7.69. The van der Waals surface area contributed by atoms with Crippen molar-refractivity contribution >= 4 is 31.5 Å². The molecule has 0 spiro atoms. The first-order valence-corrected chi connectivity index (χ1v) is 3.60. The van der Waals surface area contributed by atoms with Gasteiger partial charge in [-0.15, -0.1) is 25.3 Å². The molecule has 0 atom stereocenters. The van der Waals surface area contributed by atoms with E-state index < -0.39 is 0 Å². The van der Waals surface area contributed by atoms with Crippen LogP contribution < -0.4 is 0 Å². The van der Waals surface area contributed by atoms with E-state index in [0.717, 1.165) is 11.2 Å². The Hall–Kier alpha value is -0.410. The molecule has 0 aromatic heterocycles. The lowest BCUT2D eigenvalue weighted by Crippen LogP contribution is -1.80. The molecule has 0 saturated heterocycles. The highest BCUT2D eigenvalue weighted by Gasteiger charge is 1.95. The lowest BCUT2D eigenvalue weighted by molar-refractivity contribution is 0.112. The molecule has 0 N–H and O–H groups in total. The van der Waals surface area contributed by atoms with Crippen LogP contribution in [0.4, 0.5) is 0 Å². The fourth-order valence-corrected chi connectivity index (χ4v) is 1.20. The molecule has 0 amide bonds. The van der Waals surface area contributed by atoms with Gasteiger partial charge >= 0.3 is 0 Å². The molecule has 52 valence electrons. The van der Waals surface area contributed by atoms with Gasteiger partial charge in [0.15, 0.2) is 6.29 Å². The predicted octanol–water partition coefficient (Wildman–Crippen LogP) is 2.08. The Labute approximate surface area is 70.3 Å². The van der Waals surface area contributed by atoms with E-state index in [0.29, 0.717) is 10.5 Å². The molecule has 0 saturated carbocycles. The van der Waals surface area contributed by atoms with Crippen molar-refractivity contribution in [2.75, 3.05) is 0 Å². The highest BCUT2D eigenvalue weighted by atomic mass is 32.1. The third kappa shape index (κ3) is 1.55. The van der Waals surface area contributed by atoms with E-state index in [1.807, 2.05) is 0 Å². The van der Waals surface area contributed by atoms with Gasteiger partial charge in [-0.25, -0.2) is 0 Å².